The molecule has 0 fully saturated rings. The summed E-state index contributed by atoms with van der Waals surface area (Å²) in [5, 5.41) is 7.51. The van der Waals surface area contributed by atoms with Crippen molar-refractivity contribution in [2.75, 3.05) is 11.9 Å². The molecule has 0 saturated heterocycles. The van der Waals surface area contributed by atoms with Gasteiger partial charge in [0.15, 0.2) is 0 Å². The number of fused-ring (bicyclic) bond motifs is 1. The van der Waals surface area contributed by atoms with E-state index in [9.17, 15) is 4.79 Å². The summed E-state index contributed by atoms with van der Waals surface area (Å²) < 4.78 is 0. The average molecular weight is 384 g/mol. The molecule has 0 unspecified atom stereocenters. The molecule has 29 heavy (non-hydrogen) atoms. The van der Waals surface area contributed by atoms with Crippen molar-refractivity contribution in [3.8, 4) is 0 Å². The summed E-state index contributed by atoms with van der Waals surface area (Å²) in [6, 6.07) is 20.0. The lowest BCUT2D eigenvalue weighted by Crippen LogP contribution is -2.23. The topological polar surface area (TPSA) is 69.8 Å². The number of anilines is 1. The Kier molecular flexibility index (Phi) is 5.56. The number of hydrogen-bond donors (Lipinski definition) is 3. The molecule has 0 spiro atoms. The van der Waals surface area contributed by atoms with Crippen LogP contribution in [0.1, 0.15) is 27.0 Å². The molecule has 1 amide bonds. The summed E-state index contributed by atoms with van der Waals surface area (Å²) in [5.41, 5.74) is 5.25. The maximum absolute atomic E-state index is 12.3. The lowest BCUT2D eigenvalue weighted by atomic mass is 10.1. The minimum atomic E-state index is -0.121. The number of nitrogens with zero attached hydrogens (tertiary/aromatic N) is 1. The van der Waals surface area contributed by atoms with Gasteiger partial charge in [-0.2, -0.15) is 0 Å². The standard InChI is InChI=1S/C24H24N4O/c1-17-5-4-6-18(13-17)14-28-24(29)20-9-10-23(27-16-20)25-12-11-19-15-26-22-8-3-2-7-21(19)22/h2-10,13,15-16,26H,11-12,14H2,1H3,(H,25,27)(H,28,29). The number of carbonyl (C=O) groups excluding carboxylic acids is 1. The molecule has 0 aliphatic carbocycles. The number of hydrogen-bond acceptors (Lipinski definition) is 3. The Hall–Kier alpha value is -3.60. The van der Waals surface area contributed by atoms with Crippen molar-refractivity contribution in [1.29, 1.82) is 0 Å². The fourth-order valence-corrected chi connectivity index (χ4v) is 3.40. The third-order valence-corrected chi connectivity index (χ3v) is 4.94. The van der Waals surface area contributed by atoms with E-state index in [2.05, 4.69) is 51.1 Å². The van der Waals surface area contributed by atoms with Crippen LogP contribution in [0, 0.1) is 6.92 Å². The van der Waals surface area contributed by atoms with Crippen molar-refractivity contribution in [2.24, 2.45) is 0 Å². The van der Waals surface area contributed by atoms with Gasteiger partial charge in [-0.25, -0.2) is 4.98 Å². The van der Waals surface area contributed by atoms with Gasteiger partial charge in [0.25, 0.3) is 5.91 Å². The van der Waals surface area contributed by atoms with Gasteiger partial charge in [0, 0.05) is 36.4 Å². The van der Waals surface area contributed by atoms with Crippen molar-refractivity contribution in [3.63, 3.8) is 0 Å². The number of aromatic amines is 1. The zero-order chi connectivity index (χ0) is 20.1. The van der Waals surface area contributed by atoms with Crippen molar-refractivity contribution in [2.45, 2.75) is 19.9 Å². The van der Waals surface area contributed by atoms with E-state index in [0.717, 1.165) is 29.9 Å². The molecule has 2 heterocycles. The van der Waals surface area contributed by atoms with Crippen LogP contribution >= 0.6 is 0 Å². The lowest BCUT2D eigenvalue weighted by Gasteiger charge is -2.08. The monoisotopic (exact) mass is 384 g/mol. The number of amides is 1. The molecule has 146 valence electrons. The molecular weight excluding hydrogens is 360 g/mol. The van der Waals surface area contributed by atoms with Gasteiger partial charge in [-0.05, 0) is 42.7 Å². The molecule has 2 aromatic carbocycles. The normalized spacial score (nSPS) is 10.8. The molecular formula is C24H24N4O. The fourth-order valence-electron chi connectivity index (χ4n) is 3.40. The first-order valence-corrected chi connectivity index (χ1v) is 9.78. The fraction of sp³-hybridized carbons (Fsp3) is 0.167. The number of aryl methyl sites for hydroxylation is 1. The van der Waals surface area contributed by atoms with E-state index in [-0.39, 0.29) is 5.91 Å². The van der Waals surface area contributed by atoms with Crippen molar-refractivity contribution in [1.82, 2.24) is 15.3 Å². The van der Waals surface area contributed by atoms with E-state index >= 15 is 0 Å². The molecule has 4 rings (SSSR count). The number of para-hydroxylation sites is 1. The largest absolute Gasteiger partial charge is 0.370 e. The summed E-state index contributed by atoms with van der Waals surface area (Å²) >= 11 is 0. The second-order valence-electron chi connectivity index (χ2n) is 7.14. The van der Waals surface area contributed by atoms with E-state index in [4.69, 9.17) is 0 Å². The predicted octanol–water partition coefficient (Wildman–Crippen LogP) is 4.46. The van der Waals surface area contributed by atoms with Crippen molar-refractivity contribution >= 4 is 22.6 Å². The zero-order valence-corrected chi connectivity index (χ0v) is 16.4. The maximum atomic E-state index is 12.3. The Labute approximate surface area is 170 Å². The van der Waals surface area contributed by atoms with E-state index in [1.165, 1.54) is 16.5 Å². The van der Waals surface area contributed by atoms with Crippen LogP contribution in [0.4, 0.5) is 5.82 Å². The van der Waals surface area contributed by atoms with Crippen LogP contribution in [0.3, 0.4) is 0 Å². The minimum Gasteiger partial charge on any atom is -0.370 e. The summed E-state index contributed by atoms with van der Waals surface area (Å²) in [6.07, 6.45) is 4.56. The average Bonchev–Trinajstić information content (AvgIpc) is 3.16. The van der Waals surface area contributed by atoms with Crippen LogP contribution in [0.25, 0.3) is 10.9 Å². The third kappa shape index (κ3) is 4.63. The molecule has 3 N–H and O–H groups in total. The number of nitrogens with one attached hydrogen (secondary N) is 3. The first-order valence-electron chi connectivity index (χ1n) is 9.78. The molecule has 5 heteroatoms. The highest BCUT2D eigenvalue weighted by atomic mass is 16.1. The Morgan fingerprint density at radius 2 is 1.97 bits per heavy atom. The smallest absolute Gasteiger partial charge is 0.253 e. The first-order chi connectivity index (χ1) is 14.2. The van der Waals surface area contributed by atoms with Crippen LogP contribution in [-0.2, 0) is 13.0 Å². The van der Waals surface area contributed by atoms with E-state index in [1.807, 2.05) is 37.3 Å². The van der Waals surface area contributed by atoms with E-state index in [0.29, 0.717) is 12.1 Å². The number of rotatable bonds is 7. The lowest BCUT2D eigenvalue weighted by molar-refractivity contribution is 0.0950. The molecule has 0 bridgehead atoms. The van der Waals surface area contributed by atoms with Gasteiger partial charge >= 0.3 is 0 Å². The van der Waals surface area contributed by atoms with E-state index < -0.39 is 0 Å². The van der Waals surface area contributed by atoms with Crippen LogP contribution in [0.2, 0.25) is 0 Å². The van der Waals surface area contributed by atoms with E-state index in [1.54, 1.807) is 12.3 Å². The molecule has 0 aliphatic heterocycles. The Balaban J connectivity index is 1.29. The highest BCUT2D eigenvalue weighted by Gasteiger charge is 2.07. The van der Waals surface area contributed by atoms with Crippen LogP contribution in [0.15, 0.2) is 73.1 Å². The highest BCUT2D eigenvalue weighted by molar-refractivity contribution is 5.94. The second-order valence-corrected chi connectivity index (χ2v) is 7.14. The maximum Gasteiger partial charge on any atom is 0.253 e. The summed E-state index contributed by atoms with van der Waals surface area (Å²) in [6.45, 7) is 3.32. The zero-order valence-electron chi connectivity index (χ0n) is 16.4. The highest BCUT2D eigenvalue weighted by Crippen LogP contribution is 2.18. The van der Waals surface area contributed by atoms with Gasteiger partial charge < -0.3 is 15.6 Å². The van der Waals surface area contributed by atoms with Gasteiger partial charge in [-0.15, -0.1) is 0 Å². The quantitative estimate of drug-likeness (QED) is 0.441. The van der Waals surface area contributed by atoms with Crippen LogP contribution < -0.4 is 10.6 Å². The Morgan fingerprint density at radius 3 is 2.79 bits per heavy atom. The number of benzene rings is 2. The first kappa shape index (κ1) is 18.7. The van der Waals surface area contributed by atoms with Gasteiger partial charge in [0.1, 0.15) is 5.82 Å². The summed E-state index contributed by atoms with van der Waals surface area (Å²) in [5.74, 6) is 0.643. The van der Waals surface area contributed by atoms with Gasteiger partial charge in [0.2, 0.25) is 0 Å². The molecule has 0 atom stereocenters. The van der Waals surface area contributed by atoms with Crippen molar-refractivity contribution in [3.05, 3.63) is 95.3 Å². The molecule has 0 radical (unpaired) electrons. The number of carbonyl (C=O) groups is 1. The number of aromatic nitrogens is 2. The summed E-state index contributed by atoms with van der Waals surface area (Å²) in [7, 11) is 0. The molecule has 5 nitrogen and oxygen atoms in total. The van der Waals surface area contributed by atoms with Gasteiger partial charge in [-0.1, -0.05) is 48.0 Å². The van der Waals surface area contributed by atoms with Crippen LogP contribution in [-0.4, -0.2) is 22.4 Å². The van der Waals surface area contributed by atoms with Crippen LogP contribution in [0.5, 0.6) is 0 Å². The molecule has 0 saturated carbocycles. The SMILES string of the molecule is Cc1cccc(CNC(=O)c2ccc(NCCc3c[nH]c4ccccc34)nc2)c1. The summed E-state index contributed by atoms with van der Waals surface area (Å²) in [4.78, 5) is 20.0. The predicted molar refractivity (Wildman–Crippen MR) is 117 cm³/mol. The third-order valence-electron chi connectivity index (χ3n) is 4.94. The number of pyridine rings is 1. The molecule has 4 aromatic rings. The number of H-pyrrole nitrogens is 1. The molecule has 0 aliphatic rings. The second kappa shape index (κ2) is 8.61. The molecule has 2 aromatic heterocycles. The van der Waals surface area contributed by atoms with Crippen molar-refractivity contribution < 1.29 is 4.79 Å². The van der Waals surface area contributed by atoms with Gasteiger partial charge in [0.05, 0.1) is 5.56 Å². The Bertz CT molecular complexity index is 1120. The minimum absolute atomic E-state index is 0.121. The van der Waals surface area contributed by atoms with Gasteiger partial charge in [-0.3, -0.25) is 4.79 Å². The Morgan fingerprint density at radius 1 is 1.07 bits per heavy atom.